The Bertz CT molecular complexity index is 345. The number of aryl methyl sites for hydroxylation is 1. The van der Waals surface area contributed by atoms with E-state index < -0.39 is 0 Å². The van der Waals surface area contributed by atoms with Crippen molar-refractivity contribution < 1.29 is 9.47 Å². The van der Waals surface area contributed by atoms with Crippen LogP contribution in [0.25, 0.3) is 0 Å². The SMILES string of the molecule is CCOCCCNCCOc1ccc(Br)c(C)c1. The largest absolute Gasteiger partial charge is 0.492 e. The number of benzene rings is 1. The summed E-state index contributed by atoms with van der Waals surface area (Å²) in [6, 6.07) is 6.03. The van der Waals surface area contributed by atoms with Gasteiger partial charge in [0.15, 0.2) is 0 Å². The molecule has 0 saturated heterocycles. The van der Waals surface area contributed by atoms with Crippen LogP contribution in [-0.2, 0) is 4.74 Å². The Labute approximate surface area is 118 Å². The highest BCUT2D eigenvalue weighted by Gasteiger charge is 1.97. The van der Waals surface area contributed by atoms with Gasteiger partial charge in [-0.05, 0) is 50.6 Å². The van der Waals surface area contributed by atoms with Crippen LogP contribution in [0.3, 0.4) is 0 Å². The normalized spacial score (nSPS) is 10.6. The van der Waals surface area contributed by atoms with Crippen molar-refractivity contribution in [3.05, 3.63) is 28.2 Å². The molecule has 0 heterocycles. The second-order valence-corrected chi connectivity index (χ2v) is 4.91. The van der Waals surface area contributed by atoms with Gasteiger partial charge in [-0.2, -0.15) is 0 Å². The van der Waals surface area contributed by atoms with Crippen molar-refractivity contribution in [1.29, 1.82) is 0 Å². The van der Waals surface area contributed by atoms with Gasteiger partial charge < -0.3 is 14.8 Å². The maximum Gasteiger partial charge on any atom is 0.119 e. The Hall–Kier alpha value is -0.580. The van der Waals surface area contributed by atoms with Gasteiger partial charge in [0.1, 0.15) is 12.4 Å². The molecule has 0 amide bonds. The first-order chi connectivity index (χ1) is 8.74. The Morgan fingerprint density at radius 2 is 2.06 bits per heavy atom. The van der Waals surface area contributed by atoms with Crippen molar-refractivity contribution >= 4 is 15.9 Å². The third-order valence-electron chi connectivity index (χ3n) is 2.52. The lowest BCUT2D eigenvalue weighted by atomic mass is 10.2. The quantitative estimate of drug-likeness (QED) is 0.710. The van der Waals surface area contributed by atoms with E-state index in [0.717, 1.165) is 42.9 Å². The molecule has 1 aromatic carbocycles. The molecule has 3 nitrogen and oxygen atoms in total. The van der Waals surface area contributed by atoms with Crippen molar-refractivity contribution in [3.8, 4) is 5.75 Å². The Balaban J connectivity index is 2.05. The van der Waals surface area contributed by atoms with Crippen LogP contribution in [0.1, 0.15) is 18.9 Å². The van der Waals surface area contributed by atoms with E-state index in [2.05, 4.69) is 28.2 Å². The zero-order valence-electron chi connectivity index (χ0n) is 11.2. The molecule has 102 valence electrons. The molecule has 0 spiro atoms. The molecule has 0 aliphatic carbocycles. The minimum atomic E-state index is 0.690. The van der Waals surface area contributed by atoms with Crippen LogP contribution < -0.4 is 10.1 Å². The van der Waals surface area contributed by atoms with Crippen LogP contribution in [0, 0.1) is 6.92 Å². The van der Waals surface area contributed by atoms with E-state index in [4.69, 9.17) is 9.47 Å². The minimum absolute atomic E-state index is 0.690. The van der Waals surface area contributed by atoms with Crippen LogP contribution >= 0.6 is 15.9 Å². The van der Waals surface area contributed by atoms with Gasteiger partial charge in [-0.25, -0.2) is 0 Å². The molecule has 1 N–H and O–H groups in total. The molecular formula is C14H22BrNO2. The molecule has 0 fully saturated rings. The Morgan fingerprint density at radius 3 is 2.78 bits per heavy atom. The van der Waals surface area contributed by atoms with Gasteiger partial charge in [0.2, 0.25) is 0 Å². The highest BCUT2D eigenvalue weighted by atomic mass is 79.9. The first kappa shape index (κ1) is 15.5. The molecule has 0 radical (unpaired) electrons. The van der Waals surface area contributed by atoms with Gasteiger partial charge in [-0.3, -0.25) is 0 Å². The molecule has 18 heavy (non-hydrogen) atoms. The lowest BCUT2D eigenvalue weighted by Gasteiger charge is -2.09. The van der Waals surface area contributed by atoms with E-state index in [-0.39, 0.29) is 0 Å². The molecule has 0 saturated carbocycles. The standard InChI is InChI=1S/C14H22BrNO2/c1-3-17-9-4-7-16-8-10-18-13-5-6-14(15)12(2)11-13/h5-6,11,16H,3-4,7-10H2,1-2H3. The zero-order chi connectivity index (χ0) is 13.2. The summed E-state index contributed by atoms with van der Waals surface area (Å²) >= 11 is 3.47. The maximum absolute atomic E-state index is 5.65. The molecule has 0 bridgehead atoms. The highest BCUT2D eigenvalue weighted by molar-refractivity contribution is 9.10. The fraction of sp³-hybridized carbons (Fsp3) is 0.571. The van der Waals surface area contributed by atoms with Crippen molar-refractivity contribution in [3.63, 3.8) is 0 Å². The smallest absolute Gasteiger partial charge is 0.119 e. The van der Waals surface area contributed by atoms with Gasteiger partial charge in [-0.15, -0.1) is 0 Å². The summed E-state index contributed by atoms with van der Waals surface area (Å²) in [6.45, 7) is 8.23. The number of hydrogen-bond donors (Lipinski definition) is 1. The lowest BCUT2D eigenvalue weighted by molar-refractivity contribution is 0.144. The monoisotopic (exact) mass is 315 g/mol. The maximum atomic E-state index is 5.65. The van der Waals surface area contributed by atoms with Crippen molar-refractivity contribution in [2.24, 2.45) is 0 Å². The van der Waals surface area contributed by atoms with E-state index in [0.29, 0.717) is 6.61 Å². The number of rotatable bonds is 9. The molecule has 0 aromatic heterocycles. The third-order valence-corrected chi connectivity index (χ3v) is 3.41. The predicted molar refractivity (Wildman–Crippen MR) is 78.4 cm³/mol. The van der Waals surface area contributed by atoms with Gasteiger partial charge >= 0.3 is 0 Å². The summed E-state index contributed by atoms with van der Waals surface area (Å²) in [5, 5.41) is 3.33. The summed E-state index contributed by atoms with van der Waals surface area (Å²) in [5.74, 6) is 0.923. The van der Waals surface area contributed by atoms with E-state index >= 15 is 0 Å². The molecule has 1 aromatic rings. The topological polar surface area (TPSA) is 30.5 Å². The second kappa shape index (κ2) is 9.36. The highest BCUT2D eigenvalue weighted by Crippen LogP contribution is 2.21. The van der Waals surface area contributed by atoms with E-state index in [1.807, 2.05) is 25.1 Å². The van der Waals surface area contributed by atoms with Crippen molar-refractivity contribution in [1.82, 2.24) is 5.32 Å². The summed E-state index contributed by atoms with van der Waals surface area (Å²) in [6.07, 6.45) is 1.05. The molecular weight excluding hydrogens is 294 g/mol. The molecule has 0 aliphatic heterocycles. The molecule has 0 aliphatic rings. The summed E-state index contributed by atoms with van der Waals surface area (Å²) in [4.78, 5) is 0. The zero-order valence-corrected chi connectivity index (χ0v) is 12.8. The average molecular weight is 316 g/mol. The fourth-order valence-corrected chi connectivity index (χ4v) is 1.76. The molecule has 0 atom stereocenters. The van der Waals surface area contributed by atoms with Crippen molar-refractivity contribution in [2.45, 2.75) is 20.3 Å². The number of hydrogen-bond acceptors (Lipinski definition) is 3. The predicted octanol–water partition coefficient (Wildman–Crippen LogP) is 3.15. The molecule has 1 rings (SSSR count). The van der Waals surface area contributed by atoms with Gasteiger partial charge in [0.25, 0.3) is 0 Å². The average Bonchev–Trinajstić information content (AvgIpc) is 2.37. The summed E-state index contributed by atoms with van der Waals surface area (Å²) < 4.78 is 12.0. The van der Waals surface area contributed by atoms with Gasteiger partial charge in [0, 0.05) is 24.2 Å². The Morgan fingerprint density at radius 1 is 1.22 bits per heavy atom. The summed E-state index contributed by atoms with van der Waals surface area (Å²) in [7, 11) is 0. The van der Waals surface area contributed by atoms with Crippen LogP contribution in [0.15, 0.2) is 22.7 Å². The van der Waals surface area contributed by atoms with Crippen LogP contribution in [0.5, 0.6) is 5.75 Å². The Kier molecular flexibility index (Phi) is 8.05. The van der Waals surface area contributed by atoms with Crippen LogP contribution in [0.4, 0.5) is 0 Å². The second-order valence-electron chi connectivity index (χ2n) is 4.06. The lowest BCUT2D eigenvalue weighted by Crippen LogP contribution is -2.23. The number of ether oxygens (including phenoxy) is 2. The van der Waals surface area contributed by atoms with Crippen molar-refractivity contribution in [2.75, 3.05) is 32.9 Å². The number of nitrogens with one attached hydrogen (secondary N) is 1. The van der Waals surface area contributed by atoms with Gasteiger partial charge in [0.05, 0.1) is 0 Å². The molecule has 4 heteroatoms. The third kappa shape index (κ3) is 6.38. The first-order valence-electron chi connectivity index (χ1n) is 6.41. The minimum Gasteiger partial charge on any atom is -0.492 e. The van der Waals surface area contributed by atoms with E-state index in [1.54, 1.807) is 0 Å². The van der Waals surface area contributed by atoms with E-state index in [9.17, 15) is 0 Å². The first-order valence-corrected chi connectivity index (χ1v) is 7.20. The van der Waals surface area contributed by atoms with Crippen LogP contribution in [0.2, 0.25) is 0 Å². The number of halogens is 1. The summed E-state index contributed by atoms with van der Waals surface area (Å²) in [5.41, 5.74) is 1.19. The molecule has 0 unspecified atom stereocenters. The van der Waals surface area contributed by atoms with E-state index in [1.165, 1.54) is 5.56 Å². The van der Waals surface area contributed by atoms with Crippen LogP contribution in [-0.4, -0.2) is 32.9 Å². The fourth-order valence-electron chi connectivity index (χ4n) is 1.52. The van der Waals surface area contributed by atoms with Gasteiger partial charge in [-0.1, -0.05) is 15.9 Å².